The molecule has 0 amide bonds. The number of carbonyl (C=O) groups excluding carboxylic acids is 2. The van der Waals surface area contributed by atoms with Crippen LogP contribution in [-0.4, -0.2) is 112 Å². The maximum absolute atomic E-state index is 10.9. The van der Waals surface area contributed by atoms with Gasteiger partial charge in [-0.2, -0.15) is 0 Å². The van der Waals surface area contributed by atoms with Crippen molar-refractivity contribution in [3.8, 4) is 0 Å². The van der Waals surface area contributed by atoms with E-state index in [0.29, 0.717) is 38.1 Å². The minimum atomic E-state index is -0.280. The van der Waals surface area contributed by atoms with Crippen LogP contribution in [0.15, 0.2) is 0 Å². The highest BCUT2D eigenvalue weighted by Crippen LogP contribution is 2.32. The Kier molecular flexibility index (Phi) is 10.1. The molecule has 216 valence electrons. The molecule has 38 heavy (non-hydrogen) atoms. The molecule has 2 N–H and O–H groups in total. The number of hydrogen-bond acceptors (Lipinski definition) is 12. The lowest BCUT2D eigenvalue weighted by atomic mass is 9.98. The Morgan fingerprint density at radius 3 is 2.03 bits per heavy atom. The van der Waals surface area contributed by atoms with Gasteiger partial charge >= 0.3 is 0 Å². The summed E-state index contributed by atoms with van der Waals surface area (Å²) in [7, 11) is 0. The van der Waals surface area contributed by atoms with E-state index in [2.05, 4.69) is 0 Å². The van der Waals surface area contributed by atoms with Gasteiger partial charge in [0, 0.05) is 24.2 Å². The van der Waals surface area contributed by atoms with E-state index in [0.717, 1.165) is 51.9 Å². The van der Waals surface area contributed by atoms with Gasteiger partial charge in [0.25, 0.3) is 0 Å². The Labute approximate surface area is 222 Å². The standard InChI is InChI=1S/C7H12O3.C7H10O3.C6H10O3.C6H8O3/c2*8-6-3-5-1-2-9-7(5)10-4-6;2*7-5-3-9-6-4(5)1-2-8-6/h5-8H,1-4H2;5,7H,1-4H2;4-7H,1-3H2;4,6H,1-3H2/t5-,6+,7+;5-,7+;4-,5-,6+;4-,6+/m0000/s1. The van der Waals surface area contributed by atoms with Gasteiger partial charge in [0.15, 0.2) is 36.7 Å². The van der Waals surface area contributed by atoms with Crippen LogP contribution < -0.4 is 0 Å². The second-order valence-electron chi connectivity index (χ2n) is 10.9. The van der Waals surface area contributed by atoms with E-state index >= 15 is 0 Å². The summed E-state index contributed by atoms with van der Waals surface area (Å²) >= 11 is 0. The predicted molar refractivity (Wildman–Crippen MR) is 126 cm³/mol. The topological polar surface area (TPSA) is 148 Å². The molecular formula is C26H40O12. The Morgan fingerprint density at radius 1 is 0.605 bits per heavy atom. The summed E-state index contributed by atoms with van der Waals surface area (Å²) in [6, 6.07) is 0. The van der Waals surface area contributed by atoms with Crippen LogP contribution in [0.3, 0.4) is 0 Å². The second kappa shape index (κ2) is 13.5. The Bertz CT molecular complexity index is 794. The zero-order valence-corrected chi connectivity index (χ0v) is 21.6. The van der Waals surface area contributed by atoms with Crippen molar-refractivity contribution in [2.75, 3.05) is 52.9 Å². The molecule has 8 fully saturated rings. The van der Waals surface area contributed by atoms with Gasteiger partial charge < -0.3 is 48.1 Å². The zero-order valence-electron chi connectivity index (χ0n) is 21.6. The van der Waals surface area contributed by atoms with Gasteiger partial charge in [-0.05, 0) is 32.1 Å². The number of rotatable bonds is 0. The SMILES string of the molecule is O=C1CO[C@H]2OCC[C@@H]12.O=C1CO[C@H]2OCC[C@H]2C1.O[C@H]1CO[C@H]2OCC[C@H]21.O[C@H]1CO[C@H]2OCC[C@H]2C1. The number of hydrogen-bond donors (Lipinski definition) is 2. The van der Waals surface area contributed by atoms with Gasteiger partial charge in [-0.1, -0.05) is 0 Å². The van der Waals surface area contributed by atoms with Gasteiger partial charge in [0.1, 0.15) is 13.2 Å². The van der Waals surface area contributed by atoms with Crippen LogP contribution in [0.5, 0.6) is 0 Å². The molecule has 8 rings (SSSR count). The van der Waals surface area contributed by atoms with Crippen molar-refractivity contribution in [3.05, 3.63) is 0 Å². The van der Waals surface area contributed by atoms with E-state index in [9.17, 15) is 19.8 Å². The average Bonchev–Trinajstić information content (AvgIpc) is 3.73. The van der Waals surface area contributed by atoms with Crippen molar-refractivity contribution < 1.29 is 57.7 Å². The first-order chi connectivity index (χ1) is 18.5. The van der Waals surface area contributed by atoms with E-state index in [4.69, 9.17) is 37.9 Å². The summed E-state index contributed by atoms with van der Waals surface area (Å²) in [5.74, 6) is 1.53. The van der Waals surface area contributed by atoms with Crippen molar-refractivity contribution >= 4 is 11.6 Å². The zero-order chi connectivity index (χ0) is 26.5. The molecule has 0 aliphatic carbocycles. The number of carbonyl (C=O) groups is 2. The molecule has 8 heterocycles. The highest BCUT2D eigenvalue weighted by molar-refractivity contribution is 5.84. The largest absolute Gasteiger partial charge is 0.391 e. The summed E-state index contributed by atoms with van der Waals surface area (Å²) < 4.78 is 41.3. The number of Topliss-reactive ketones (excluding diaryl/α,β-unsaturated/α-hetero) is 2. The molecular weight excluding hydrogens is 504 g/mol. The highest BCUT2D eigenvalue weighted by Gasteiger charge is 2.41. The van der Waals surface area contributed by atoms with Crippen LogP contribution in [0.4, 0.5) is 0 Å². The lowest BCUT2D eigenvalue weighted by Crippen LogP contribution is -2.34. The fraction of sp³-hybridized carbons (Fsp3) is 0.923. The van der Waals surface area contributed by atoms with Crippen LogP contribution in [0.1, 0.15) is 38.5 Å². The molecule has 8 aliphatic rings. The predicted octanol–water partition coefficient (Wildman–Crippen LogP) is 0.157. The molecule has 0 aromatic heterocycles. The van der Waals surface area contributed by atoms with Crippen molar-refractivity contribution in [1.29, 1.82) is 0 Å². The second-order valence-corrected chi connectivity index (χ2v) is 10.9. The van der Waals surface area contributed by atoms with Crippen LogP contribution in [0.2, 0.25) is 0 Å². The summed E-state index contributed by atoms with van der Waals surface area (Å²) in [6.07, 6.45) is 4.42. The number of aliphatic hydroxyl groups excluding tert-OH is 2. The van der Waals surface area contributed by atoms with Gasteiger partial charge in [-0.25, -0.2) is 0 Å². The molecule has 10 atom stereocenters. The van der Waals surface area contributed by atoms with Crippen molar-refractivity contribution in [2.45, 2.75) is 75.9 Å². The molecule has 12 heteroatoms. The van der Waals surface area contributed by atoms with E-state index in [-0.39, 0.29) is 74.0 Å². The van der Waals surface area contributed by atoms with Crippen LogP contribution in [0, 0.1) is 23.7 Å². The minimum Gasteiger partial charge on any atom is -0.391 e. The first-order valence-corrected chi connectivity index (χ1v) is 13.8. The highest BCUT2D eigenvalue weighted by atomic mass is 16.7. The van der Waals surface area contributed by atoms with Gasteiger partial charge in [0.05, 0.1) is 57.8 Å². The van der Waals surface area contributed by atoms with E-state index in [1.165, 1.54) is 0 Å². The summed E-state index contributed by atoms with van der Waals surface area (Å²) in [6.45, 7) is 4.38. The Balaban J connectivity index is 0.000000103. The van der Waals surface area contributed by atoms with Gasteiger partial charge in [0.2, 0.25) is 0 Å². The fourth-order valence-electron chi connectivity index (χ4n) is 5.92. The average molecular weight is 545 g/mol. The van der Waals surface area contributed by atoms with E-state index in [1.807, 2.05) is 0 Å². The maximum Gasteiger partial charge on any atom is 0.168 e. The van der Waals surface area contributed by atoms with Crippen molar-refractivity contribution in [1.82, 2.24) is 0 Å². The van der Waals surface area contributed by atoms with E-state index < -0.39 is 0 Å². The lowest BCUT2D eigenvalue weighted by molar-refractivity contribution is -0.179. The molecule has 0 radical (unpaired) electrons. The molecule has 0 bridgehead atoms. The lowest BCUT2D eigenvalue weighted by Gasteiger charge is -2.27. The Hall–Kier alpha value is -1.06. The number of fused-ring (bicyclic) bond motifs is 4. The van der Waals surface area contributed by atoms with Gasteiger partial charge in [-0.3, -0.25) is 9.59 Å². The molecule has 12 nitrogen and oxygen atoms in total. The van der Waals surface area contributed by atoms with Crippen LogP contribution in [0.25, 0.3) is 0 Å². The quantitative estimate of drug-likeness (QED) is 0.428. The molecule has 0 aromatic rings. The third-order valence-electron chi connectivity index (χ3n) is 8.09. The summed E-state index contributed by atoms with van der Waals surface area (Å²) in [4.78, 5) is 21.7. The molecule has 0 spiro atoms. The Morgan fingerprint density at radius 2 is 1.24 bits per heavy atom. The van der Waals surface area contributed by atoms with E-state index in [1.54, 1.807) is 0 Å². The van der Waals surface area contributed by atoms with Crippen molar-refractivity contribution in [2.24, 2.45) is 23.7 Å². The smallest absolute Gasteiger partial charge is 0.168 e. The van der Waals surface area contributed by atoms with Crippen LogP contribution >= 0.6 is 0 Å². The molecule has 8 aliphatic heterocycles. The fourth-order valence-corrected chi connectivity index (χ4v) is 5.92. The molecule has 8 saturated heterocycles. The first-order valence-electron chi connectivity index (χ1n) is 13.8. The number of ketones is 2. The minimum absolute atomic E-state index is 0.0107. The number of aliphatic hydroxyl groups is 2. The molecule has 0 aromatic carbocycles. The first kappa shape index (κ1) is 28.5. The summed E-state index contributed by atoms with van der Waals surface area (Å²) in [5, 5.41) is 18.4. The molecule has 0 saturated carbocycles. The number of ether oxygens (including phenoxy) is 8. The third-order valence-corrected chi connectivity index (χ3v) is 8.09. The van der Waals surface area contributed by atoms with Crippen LogP contribution in [-0.2, 0) is 47.5 Å². The third kappa shape index (κ3) is 7.17. The van der Waals surface area contributed by atoms with Gasteiger partial charge in [-0.15, -0.1) is 0 Å². The monoisotopic (exact) mass is 544 g/mol. The van der Waals surface area contributed by atoms with Crippen molar-refractivity contribution in [3.63, 3.8) is 0 Å². The summed E-state index contributed by atoms with van der Waals surface area (Å²) in [5.41, 5.74) is 0. The molecule has 0 unspecified atom stereocenters. The normalized spacial score (nSPS) is 44.5. The maximum atomic E-state index is 10.9.